The maximum atomic E-state index is 12.2. The van der Waals surface area contributed by atoms with Gasteiger partial charge in [0, 0.05) is 31.2 Å². The summed E-state index contributed by atoms with van der Waals surface area (Å²) in [6.07, 6.45) is 3.62. The SMILES string of the molecule is Cc1cccc(CSc2nnc(CCCCC(=O)NCCc3ccccc3)n2-c2cccc(O)c2)c1. The number of hydrogen-bond acceptors (Lipinski definition) is 5. The number of thioether (sulfide) groups is 1. The molecule has 1 amide bonds. The highest BCUT2D eigenvalue weighted by molar-refractivity contribution is 7.98. The molecule has 0 radical (unpaired) electrons. The molecule has 0 saturated heterocycles. The Morgan fingerprint density at radius 1 is 0.917 bits per heavy atom. The van der Waals surface area contributed by atoms with Crippen molar-refractivity contribution in [1.29, 1.82) is 0 Å². The molecule has 186 valence electrons. The van der Waals surface area contributed by atoms with Gasteiger partial charge in [0.1, 0.15) is 11.6 Å². The summed E-state index contributed by atoms with van der Waals surface area (Å²) >= 11 is 1.63. The third kappa shape index (κ3) is 7.46. The zero-order valence-electron chi connectivity index (χ0n) is 20.6. The molecule has 4 aromatic rings. The lowest BCUT2D eigenvalue weighted by Crippen LogP contribution is -2.25. The molecule has 7 heteroatoms. The number of nitrogens with zero attached hydrogens (tertiary/aromatic N) is 3. The molecule has 0 unspecified atom stereocenters. The zero-order chi connectivity index (χ0) is 25.2. The summed E-state index contributed by atoms with van der Waals surface area (Å²) in [6, 6.07) is 25.8. The first-order chi connectivity index (χ1) is 17.6. The number of nitrogens with one attached hydrogen (secondary N) is 1. The smallest absolute Gasteiger partial charge is 0.220 e. The molecule has 1 heterocycles. The Balaban J connectivity index is 1.33. The van der Waals surface area contributed by atoms with E-state index in [0.29, 0.717) is 19.4 Å². The Kier molecular flexibility index (Phi) is 9.16. The summed E-state index contributed by atoms with van der Waals surface area (Å²) in [6.45, 7) is 2.74. The Morgan fingerprint density at radius 2 is 1.72 bits per heavy atom. The van der Waals surface area contributed by atoms with Crippen LogP contribution in [0, 0.1) is 6.92 Å². The van der Waals surface area contributed by atoms with Crippen LogP contribution >= 0.6 is 11.8 Å². The van der Waals surface area contributed by atoms with Gasteiger partial charge in [-0.05, 0) is 49.4 Å². The van der Waals surface area contributed by atoms with Gasteiger partial charge in [0.15, 0.2) is 5.16 Å². The average molecular weight is 501 g/mol. The van der Waals surface area contributed by atoms with Gasteiger partial charge in [-0.15, -0.1) is 10.2 Å². The van der Waals surface area contributed by atoms with Crippen LogP contribution in [0.1, 0.15) is 41.8 Å². The number of hydrogen-bond donors (Lipinski definition) is 2. The Bertz CT molecular complexity index is 1270. The molecule has 36 heavy (non-hydrogen) atoms. The van der Waals surface area contributed by atoms with Gasteiger partial charge in [-0.25, -0.2) is 0 Å². The molecule has 0 aliphatic rings. The Labute approximate surface area is 216 Å². The second-order valence-corrected chi connectivity index (χ2v) is 9.77. The summed E-state index contributed by atoms with van der Waals surface area (Å²) in [7, 11) is 0. The highest BCUT2D eigenvalue weighted by Crippen LogP contribution is 2.27. The highest BCUT2D eigenvalue weighted by Gasteiger charge is 2.15. The molecule has 0 saturated carbocycles. The molecule has 2 N–H and O–H groups in total. The first-order valence-corrected chi connectivity index (χ1v) is 13.3. The first kappa shape index (κ1) is 25.5. The van der Waals surface area contributed by atoms with E-state index in [1.54, 1.807) is 23.9 Å². The number of rotatable bonds is 12. The predicted octanol–water partition coefficient (Wildman–Crippen LogP) is 5.65. The quantitative estimate of drug-likeness (QED) is 0.194. The van der Waals surface area contributed by atoms with Gasteiger partial charge >= 0.3 is 0 Å². The van der Waals surface area contributed by atoms with Crippen molar-refractivity contribution in [3.05, 3.63) is 101 Å². The monoisotopic (exact) mass is 500 g/mol. The minimum Gasteiger partial charge on any atom is -0.508 e. The number of unbranched alkanes of at least 4 members (excludes halogenated alkanes) is 1. The summed E-state index contributed by atoms with van der Waals surface area (Å²) in [4.78, 5) is 12.2. The van der Waals surface area contributed by atoms with E-state index in [-0.39, 0.29) is 11.7 Å². The van der Waals surface area contributed by atoms with E-state index in [1.165, 1.54) is 16.7 Å². The third-order valence-electron chi connectivity index (χ3n) is 5.87. The molecule has 0 aliphatic heterocycles. The highest BCUT2D eigenvalue weighted by atomic mass is 32.2. The van der Waals surface area contributed by atoms with Crippen LogP contribution in [0.3, 0.4) is 0 Å². The largest absolute Gasteiger partial charge is 0.508 e. The van der Waals surface area contributed by atoms with Gasteiger partial charge in [0.25, 0.3) is 0 Å². The van der Waals surface area contributed by atoms with Crippen LogP contribution in [0.4, 0.5) is 0 Å². The lowest BCUT2D eigenvalue weighted by molar-refractivity contribution is -0.121. The number of carbonyl (C=O) groups excluding carboxylic acids is 1. The first-order valence-electron chi connectivity index (χ1n) is 12.3. The number of benzene rings is 3. The maximum Gasteiger partial charge on any atom is 0.220 e. The molecule has 6 nitrogen and oxygen atoms in total. The standard InChI is InChI=1S/C29H32N4O2S/c1-22-9-7-12-24(19-22)21-36-29-32-31-27(33(29)25-13-8-14-26(34)20-25)15-5-6-16-28(35)30-18-17-23-10-3-2-4-11-23/h2-4,7-14,19-20,34H,5-6,15-18,21H2,1H3,(H,30,35). The second-order valence-electron chi connectivity index (χ2n) is 8.82. The van der Waals surface area contributed by atoms with Crippen molar-refractivity contribution in [1.82, 2.24) is 20.1 Å². The summed E-state index contributed by atoms with van der Waals surface area (Å²) in [5, 5.41) is 22.8. The van der Waals surface area contributed by atoms with Gasteiger partial charge in [0.2, 0.25) is 5.91 Å². The number of aromatic hydroxyl groups is 1. The maximum absolute atomic E-state index is 12.2. The van der Waals surface area contributed by atoms with Crippen LogP contribution in [-0.4, -0.2) is 32.3 Å². The number of aromatic nitrogens is 3. The van der Waals surface area contributed by atoms with Crippen LogP contribution in [0.2, 0.25) is 0 Å². The van der Waals surface area contributed by atoms with E-state index in [1.807, 2.05) is 34.9 Å². The van der Waals surface area contributed by atoms with Crippen molar-refractivity contribution >= 4 is 17.7 Å². The minimum atomic E-state index is 0.0785. The van der Waals surface area contributed by atoms with Gasteiger partial charge in [-0.2, -0.15) is 0 Å². The second kappa shape index (κ2) is 12.9. The molecule has 3 aromatic carbocycles. The van der Waals surface area contributed by atoms with E-state index in [9.17, 15) is 9.90 Å². The molecule has 0 spiro atoms. The molecule has 0 aliphatic carbocycles. The molecular weight excluding hydrogens is 468 g/mol. The van der Waals surface area contributed by atoms with Gasteiger partial charge in [-0.3, -0.25) is 9.36 Å². The normalized spacial score (nSPS) is 10.9. The van der Waals surface area contributed by atoms with Gasteiger partial charge in [-0.1, -0.05) is 78.0 Å². The van der Waals surface area contributed by atoms with Crippen molar-refractivity contribution < 1.29 is 9.90 Å². The van der Waals surface area contributed by atoms with Crippen LogP contribution in [0.5, 0.6) is 5.75 Å². The van der Waals surface area contributed by atoms with E-state index in [4.69, 9.17) is 0 Å². The van der Waals surface area contributed by atoms with Gasteiger partial charge < -0.3 is 10.4 Å². The summed E-state index contributed by atoms with van der Waals surface area (Å²) < 4.78 is 2.01. The van der Waals surface area contributed by atoms with E-state index < -0.39 is 0 Å². The van der Waals surface area contributed by atoms with Gasteiger partial charge in [0.05, 0.1) is 5.69 Å². The van der Waals surface area contributed by atoms with Crippen LogP contribution in [0.25, 0.3) is 5.69 Å². The van der Waals surface area contributed by atoms with Crippen LogP contribution in [-0.2, 0) is 23.4 Å². The fourth-order valence-electron chi connectivity index (χ4n) is 4.04. The summed E-state index contributed by atoms with van der Waals surface area (Å²) in [5.74, 6) is 1.89. The Hall–Kier alpha value is -3.58. The van der Waals surface area contributed by atoms with Crippen LogP contribution in [0.15, 0.2) is 84.0 Å². The lowest BCUT2D eigenvalue weighted by atomic mass is 10.1. The van der Waals surface area contributed by atoms with E-state index in [2.05, 4.69) is 58.8 Å². The predicted molar refractivity (Wildman–Crippen MR) is 144 cm³/mol. The number of aryl methyl sites for hydroxylation is 2. The van der Waals surface area contributed by atoms with Crippen molar-refractivity contribution in [3.8, 4) is 11.4 Å². The zero-order valence-corrected chi connectivity index (χ0v) is 21.4. The minimum absolute atomic E-state index is 0.0785. The molecule has 1 aromatic heterocycles. The Morgan fingerprint density at radius 3 is 2.53 bits per heavy atom. The van der Waals surface area contributed by atoms with Crippen molar-refractivity contribution in [2.75, 3.05) is 6.54 Å². The molecular formula is C29H32N4O2S. The molecule has 0 bridgehead atoms. The number of phenols is 1. The third-order valence-corrected chi connectivity index (χ3v) is 6.87. The van der Waals surface area contributed by atoms with Crippen LogP contribution < -0.4 is 5.32 Å². The average Bonchev–Trinajstić information content (AvgIpc) is 3.29. The lowest BCUT2D eigenvalue weighted by Gasteiger charge is -2.11. The van der Waals surface area contributed by atoms with Crippen molar-refractivity contribution in [2.24, 2.45) is 0 Å². The summed E-state index contributed by atoms with van der Waals surface area (Å²) in [5.41, 5.74) is 4.51. The molecule has 0 atom stereocenters. The fourth-order valence-corrected chi connectivity index (χ4v) is 4.96. The topological polar surface area (TPSA) is 80.0 Å². The van der Waals surface area contributed by atoms with Crippen molar-refractivity contribution in [2.45, 2.75) is 49.9 Å². The molecule has 0 fully saturated rings. The number of amides is 1. The van der Waals surface area contributed by atoms with E-state index >= 15 is 0 Å². The number of carbonyl (C=O) groups is 1. The fraction of sp³-hybridized carbons (Fsp3) is 0.276. The van der Waals surface area contributed by atoms with Crippen molar-refractivity contribution in [3.63, 3.8) is 0 Å². The van der Waals surface area contributed by atoms with E-state index in [0.717, 1.165) is 41.7 Å². The molecule has 4 rings (SSSR count). The number of phenolic OH excluding ortho intramolecular Hbond substituents is 1.